The second-order valence-corrected chi connectivity index (χ2v) is 5.15. The Morgan fingerprint density at radius 1 is 1.37 bits per heavy atom. The fourth-order valence-corrected chi connectivity index (χ4v) is 2.51. The Morgan fingerprint density at radius 2 is 2.21 bits per heavy atom. The zero-order valence-electron chi connectivity index (χ0n) is 11.0. The van der Waals surface area contributed by atoms with Gasteiger partial charge in [0, 0.05) is 25.2 Å². The van der Waals surface area contributed by atoms with E-state index in [1.165, 1.54) is 20.0 Å². The van der Waals surface area contributed by atoms with Crippen LogP contribution in [-0.4, -0.2) is 53.3 Å². The SMILES string of the molecule is COC(=O)c1ccc(NC2CCN(C3CC3)C2)nn1. The van der Waals surface area contributed by atoms with E-state index in [2.05, 4.69) is 25.2 Å². The van der Waals surface area contributed by atoms with Crippen molar-refractivity contribution in [1.82, 2.24) is 15.1 Å². The summed E-state index contributed by atoms with van der Waals surface area (Å²) in [5.74, 6) is 0.259. The maximum Gasteiger partial charge on any atom is 0.358 e. The maximum atomic E-state index is 11.2. The number of hydrogen-bond acceptors (Lipinski definition) is 6. The quantitative estimate of drug-likeness (QED) is 0.814. The molecule has 19 heavy (non-hydrogen) atoms. The summed E-state index contributed by atoms with van der Waals surface area (Å²) in [7, 11) is 1.33. The molecule has 1 unspecified atom stereocenters. The first-order valence-electron chi connectivity index (χ1n) is 6.69. The van der Waals surface area contributed by atoms with Crippen LogP contribution >= 0.6 is 0 Å². The number of anilines is 1. The fraction of sp³-hybridized carbons (Fsp3) is 0.615. The van der Waals surface area contributed by atoms with E-state index in [9.17, 15) is 4.79 Å². The van der Waals surface area contributed by atoms with Crippen molar-refractivity contribution >= 4 is 11.8 Å². The van der Waals surface area contributed by atoms with E-state index in [4.69, 9.17) is 0 Å². The number of aromatic nitrogens is 2. The van der Waals surface area contributed by atoms with Crippen molar-refractivity contribution in [3.05, 3.63) is 17.8 Å². The zero-order chi connectivity index (χ0) is 13.2. The summed E-state index contributed by atoms with van der Waals surface area (Å²) < 4.78 is 4.59. The van der Waals surface area contributed by atoms with E-state index in [1.807, 2.05) is 0 Å². The van der Waals surface area contributed by atoms with Crippen LogP contribution in [0.3, 0.4) is 0 Å². The van der Waals surface area contributed by atoms with Gasteiger partial charge in [-0.15, -0.1) is 10.2 Å². The molecule has 0 radical (unpaired) electrons. The number of ether oxygens (including phenoxy) is 1. The predicted molar refractivity (Wildman–Crippen MR) is 70.0 cm³/mol. The summed E-state index contributed by atoms with van der Waals surface area (Å²) in [6.45, 7) is 2.24. The largest absolute Gasteiger partial charge is 0.464 e. The van der Waals surface area contributed by atoms with Crippen molar-refractivity contribution in [3.8, 4) is 0 Å². The highest BCUT2D eigenvalue weighted by Gasteiger charge is 2.34. The Labute approximate surface area is 112 Å². The van der Waals surface area contributed by atoms with Gasteiger partial charge in [0.15, 0.2) is 5.69 Å². The molecule has 2 heterocycles. The Hall–Kier alpha value is -1.69. The van der Waals surface area contributed by atoms with Crippen LogP contribution in [0.25, 0.3) is 0 Å². The number of esters is 1. The van der Waals surface area contributed by atoms with Gasteiger partial charge in [-0.3, -0.25) is 4.90 Å². The topological polar surface area (TPSA) is 67.3 Å². The molecule has 1 aromatic rings. The molecule has 3 rings (SSSR count). The van der Waals surface area contributed by atoms with Crippen molar-refractivity contribution in [2.45, 2.75) is 31.3 Å². The van der Waals surface area contributed by atoms with Crippen LogP contribution in [0.15, 0.2) is 12.1 Å². The molecule has 1 N–H and O–H groups in total. The molecule has 6 nitrogen and oxygen atoms in total. The molecule has 1 saturated carbocycles. The standard InChI is InChI=1S/C13H18N4O2/c1-19-13(18)11-4-5-12(16-15-11)14-9-6-7-17(8-9)10-2-3-10/h4-5,9-10H,2-3,6-8H2,1H3,(H,14,16). The van der Waals surface area contributed by atoms with Gasteiger partial charge in [0.1, 0.15) is 5.82 Å². The average molecular weight is 262 g/mol. The number of methoxy groups -OCH3 is 1. The molecular formula is C13H18N4O2. The van der Waals surface area contributed by atoms with Crippen molar-refractivity contribution in [2.75, 3.05) is 25.5 Å². The van der Waals surface area contributed by atoms with E-state index < -0.39 is 5.97 Å². The number of likely N-dealkylation sites (tertiary alicyclic amines) is 1. The highest BCUT2D eigenvalue weighted by Crippen LogP contribution is 2.30. The monoisotopic (exact) mass is 262 g/mol. The molecule has 2 fully saturated rings. The van der Waals surface area contributed by atoms with Crippen molar-refractivity contribution in [2.24, 2.45) is 0 Å². The first kappa shape index (κ1) is 12.3. The predicted octanol–water partition coefficient (Wildman–Crippen LogP) is 0.912. The van der Waals surface area contributed by atoms with Gasteiger partial charge in [0.05, 0.1) is 7.11 Å². The van der Waals surface area contributed by atoms with E-state index in [1.54, 1.807) is 12.1 Å². The van der Waals surface area contributed by atoms with Crippen molar-refractivity contribution in [1.29, 1.82) is 0 Å². The number of nitrogens with one attached hydrogen (secondary N) is 1. The zero-order valence-corrected chi connectivity index (χ0v) is 11.0. The lowest BCUT2D eigenvalue weighted by Gasteiger charge is -2.15. The van der Waals surface area contributed by atoms with Gasteiger partial charge in [-0.1, -0.05) is 0 Å². The van der Waals surface area contributed by atoms with Crippen molar-refractivity contribution < 1.29 is 9.53 Å². The summed E-state index contributed by atoms with van der Waals surface area (Å²) in [5, 5.41) is 11.2. The molecular weight excluding hydrogens is 244 g/mol. The van der Waals surface area contributed by atoms with Gasteiger partial charge in [-0.05, 0) is 31.4 Å². The lowest BCUT2D eigenvalue weighted by Crippen LogP contribution is -2.28. The van der Waals surface area contributed by atoms with Crippen LogP contribution < -0.4 is 5.32 Å². The number of carbonyl (C=O) groups is 1. The minimum atomic E-state index is -0.458. The third-order valence-electron chi connectivity index (χ3n) is 3.69. The molecule has 1 aromatic heterocycles. The summed E-state index contributed by atoms with van der Waals surface area (Å²) in [5.41, 5.74) is 0.235. The molecule has 0 spiro atoms. The van der Waals surface area contributed by atoms with Crippen LogP contribution in [0.4, 0.5) is 5.82 Å². The molecule has 1 aliphatic heterocycles. The molecule has 0 bridgehead atoms. The van der Waals surface area contributed by atoms with Gasteiger partial charge in [-0.25, -0.2) is 4.79 Å². The Bertz CT molecular complexity index is 458. The Balaban J connectivity index is 1.56. The van der Waals surface area contributed by atoms with Gasteiger partial charge in [0.2, 0.25) is 0 Å². The minimum Gasteiger partial charge on any atom is -0.464 e. The molecule has 1 saturated heterocycles. The third kappa shape index (κ3) is 2.84. The molecule has 6 heteroatoms. The summed E-state index contributed by atoms with van der Waals surface area (Å²) >= 11 is 0. The highest BCUT2D eigenvalue weighted by molar-refractivity contribution is 5.86. The van der Waals surface area contributed by atoms with Crippen LogP contribution in [0, 0.1) is 0 Å². The van der Waals surface area contributed by atoms with Crippen LogP contribution in [0.2, 0.25) is 0 Å². The summed E-state index contributed by atoms with van der Waals surface area (Å²) in [4.78, 5) is 13.8. The maximum absolute atomic E-state index is 11.2. The van der Waals surface area contributed by atoms with E-state index >= 15 is 0 Å². The third-order valence-corrected chi connectivity index (χ3v) is 3.69. The van der Waals surface area contributed by atoms with Gasteiger partial charge in [-0.2, -0.15) is 0 Å². The van der Waals surface area contributed by atoms with Gasteiger partial charge in [0.25, 0.3) is 0 Å². The van der Waals surface area contributed by atoms with Crippen LogP contribution in [-0.2, 0) is 4.74 Å². The minimum absolute atomic E-state index is 0.235. The average Bonchev–Trinajstić information content (AvgIpc) is 3.20. The normalized spacial score (nSPS) is 23.3. The number of carbonyl (C=O) groups excluding carboxylic acids is 1. The lowest BCUT2D eigenvalue weighted by molar-refractivity contribution is 0.0593. The second kappa shape index (κ2) is 5.13. The summed E-state index contributed by atoms with van der Waals surface area (Å²) in [6.07, 6.45) is 3.83. The smallest absolute Gasteiger partial charge is 0.358 e. The van der Waals surface area contributed by atoms with Crippen LogP contribution in [0.1, 0.15) is 29.8 Å². The summed E-state index contributed by atoms with van der Waals surface area (Å²) in [6, 6.07) is 4.66. The number of nitrogens with zero attached hydrogens (tertiary/aromatic N) is 3. The van der Waals surface area contributed by atoms with E-state index in [0.29, 0.717) is 6.04 Å². The molecule has 2 aliphatic rings. The first-order valence-corrected chi connectivity index (χ1v) is 6.69. The van der Waals surface area contributed by atoms with Gasteiger partial charge >= 0.3 is 5.97 Å². The lowest BCUT2D eigenvalue weighted by atomic mass is 10.2. The molecule has 0 amide bonds. The van der Waals surface area contributed by atoms with Gasteiger partial charge < -0.3 is 10.1 Å². The van der Waals surface area contributed by atoms with E-state index in [0.717, 1.165) is 31.4 Å². The molecule has 1 aliphatic carbocycles. The first-order chi connectivity index (χ1) is 9.26. The molecule has 0 aromatic carbocycles. The second-order valence-electron chi connectivity index (χ2n) is 5.15. The molecule has 102 valence electrons. The van der Waals surface area contributed by atoms with Crippen molar-refractivity contribution in [3.63, 3.8) is 0 Å². The fourth-order valence-electron chi connectivity index (χ4n) is 2.51. The van der Waals surface area contributed by atoms with E-state index in [-0.39, 0.29) is 5.69 Å². The van der Waals surface area contributed by atoms with Crippen LogP contribution in [0.5, 0.6) is 0 Å². The highest BCUT2D eigenvalue weighted by atomic mass is 16.5. The number of rotatable bonds is 4. The Morgan fingerprint density at radius 3 is 2.84 bits per heavy atom. The number of hydrogen-bond donors (Lipinski definition) is 1. The Kier molecular flexibility index (Phi) is 3.33. The molecule has 1 atom stereocenters.